The average molecular weight is 256 g/mol. The van der Waals surface area contributed by atoms with E-state index >= 15 is 0 Å². The van der Waals surface area contributed by atoms with Gasteiger partial charge in [-0.05, 0) is 40.0 Å². The Morgan fingerprint density at radius 2 is 2.06 bits per heavy atom. The highest BCUT2D eigenvalue weighted by atomic mass is 16.6. The summed E-state index contributed by atoms with van der Waals surface area (Å²) in [5, 5.41) is 2.83. The van der Waals surface area contributed by atoms with E-state index in [0.29, 0.717) is 13.1 Å². The Bertz CT molecular complexity index is 310. The minimum atomic E-state index is -0.524. The van der Waals surface area contributed by atoms with Gasteiger partial charge < -0.3 is 10.1 Å². The molecule has 0 bridgehead atoms. The van der Waals surface area contributed by atoms with Crippen molar-refractivity contribution in [2.24, 2.45) is 0 Å². The molecule has 5 nitrogen and oxygen atoms in total. The third kappa shape index (κ3) is 4.20. The Labute approximate surface area is 109 Å². The highest BCUT2D eigenvalue weighted by Gasteiger charge is 2.36. The molecule has 0 aromatic rings. The number of nitrogens with zero attached hydrogens (tertiary/aromatic N) is 1. The molecule has 1 rings (SSSR count). The van der Waals surface area contributed by atoms with E-state index in [-0.39, 0.29) is 11.9 Å². The number of likely N-dealkylation sites (tertiary alicyclic amines) is 1. The third-order valence-electron chi connectivity index (χ3n) is 2.73. The molecule has 1 saturated heterocycles. The number of carbonyl (C=O) groups excluding carboxylic acids is 2. The number of amides is 2. The Kier molecular flexibility index (Phi) is 4.99. The van der Waals surface area contributed by atoms with E-state index in [1.165, 1.54) is 4.90 Å². The van der Waals surface area contributed by atoms with Crippen molar-refractivity contribution in [2.75, 3.05) is 13.1 Å². The Morgan fingerprint density at radius 3 is 2.61 bits per heavy atom. The monoisotopic (exact) mass is 256 g/mol. The van der Waals surface area contributed by atoms with Crippen LogP contribution < -0.4 is 5.32 Å². The van der Waals surface area contributed by atoms with Gasteiger partial charge in [0.25, 0.3) is 0 Å². The summed E-state index contributed by atoms with van der Waals surface area (Å²) >= 11 is 0. The average Bonchev–Trinajstić information content (AvgIpc) is 2.72. The maximum absolute atomic E-state index is 12.0. The van der Waals surface area contributed by atoms with Crippen molar-refractivity contribution in [1.82, 2.24) is 10.2 Å². The number of hydrogen-bond donors (Lipinski definition) is 1. The number of carbonyl (C=O) groups is 2. The fourth-order valence-electron chi connectivity index (χ4n) is 1.94. The van der Waals surface area contributed by atoms with Crippen LogP contribution in [0.2, 0.25) is 0 Å². The van der Waals surface area contributed by atoms with Crippen LogP contribution in [0.5, 0.6) is 0 Å². The quantitative estimate of drug-likeness (QED) is 0.839. The second-order valence-corrected chi connectivity index (χ2v) is 5.62. The van der Waals surface area contributed by atoms with E-state index in [1.54, 1.807) is 0 Å². The molecular weight excluding hydrogens is 232 g/mol. The minimum absolute atomic E-state index is 0.0693. The van der Waals surface area contributed by atoms with Gasteiger partial charge in [-0.25, -0.2) is 4.79 Å². The van der Waals surface area contributed by atoms with E-state index < -0.39 is 11.7 Å². The van der Waals surface area contributed by atoms with Crippen LogP contribution in [0.1, 0.15) is 47.0 Å². The second-order valence-electron chi connectivity index (χ2n) is 5.62. The van der Waals surface area contributed by atoms with Gasteiger partial charge in [-0.3, -0.25) is 9.69 Å². The van der Waals surface area contributed by atoms with Gasteiger partial charge in [0.05, 0.1) is 0 Å². The Morgan fingerprint density at radius 1 is 1.39 bits per heavy atom. The molecule has 1 N–H and O–H groups in total. The van der Waals surface area contributed by atoms with Gasteiger partial charge in [0.1, 0.15) is 11.6 Å². The molecule has 104 valence electrons. The molecule has 1 fully saturated rings. The normalized spacial score (nSPS) is 19.8. The summed E-state index contributed by atoms with van der Waals surface area (Å²) in [5.74, 6) is -0.0693. The number of rotatable bonds is 3. The largest absolute Gasteiger partial charge is 0.444 e. The maximum atomic E-state index is 12.0. The molecule has 1 heterocycles. The van der Waals surface area contributed by atoms with Gasteiger partial charge in [-0.15, -0.1) is 0 Å². The molecule has 1 aliphatic rings. The van der Waals surface area contributed by atoms with Crippen molar-refractivity contribution < 1.29 is 14.3 Å². The van der Waals surface area contributed by atoms with Gasteiger partial charge in [0.15, 0.2) is 0 Å². The Hall–Kier alpha value is -1.26. The number of hydrogen-bond acceptors (Lipinski definition) is 3. The van der Waals surface area contributed by atoms with Crippen LogP contribution in [0.4, 0.5) is 4.79 Å². The van der Waals surface area contributed by atoms with E-state index in [9.17, 15) is 9.59 Å². The fourth-order valence-corrected chi connectivity index (χ4v) is 1.94. The molecular formula is C13H24N2O3. The summed E-state index contributed by atoms with van der Waals surface area (Å²) in [6, 6.07) is -0.369. The summed E-state index contributed by atoms with van der Waals surface area (Å²) in [7, 11) is 0. The van der Waals surface area contributed by atoms with Crippen LogP contribution in [0.15, 0.2) is 0 Å². The summed E-state index contributed by atoms with van der Waals surface area (Å²) in [4.78, 5) is 25.4. The Balaban J connectivity index is 2.59. The van der Waals surface area contributed by atoms with Crippen molar-refractivity contribution in [3.8, 4) is 0 Å². The molecule has 5 heteroatoms. The van der Waals surface area contributed by atoms with Gasteiger partial charge in [-0.2, -0.15) is 0 Å². The molecule has 0 aliphatic carbocycles. The first-order chi connectivity index (χ1) is 8.35. The van der Waals surface area contributed by atoms with Crippen LogP contribution in [0.3, 0.4) is 0 Å². The molecule has 0 unspecified atom stereocenters. The van der Waals surface area contributed by atoms with Gasteiger partial charge in [0, 0.05) is 13.1 Å². The van der Waals surface area contributed by atoms with E-state index in [4.69, 9.17) is 4.74 Å². The maximum Gasteiger partial charge on any atom is 0.410 e. The smallest absolute Gasteiger partial charge is 0.410 e. The highest BCUT2D eigenvalue weighted by molar-refractivity contribution is 5.86. The highest BCUT2D eigenvalue weighted by Crippen LogP contribution is 2.20. The lowest BCUT2D eigenvalue weighted by Crippen LogP contribution is -2.47. The standard InChI is InChI=1S/C13H24N2O3/c1-5-8-14-11(16)10-7-6-9-15(10)12(17)18-13(2,3)4/h10H,5-9H2,1-4H3,(H,14,16)/t10-/m0/s1. The summed E-state index contributed by atoms with van der Waals surface area (Å²) < 4.78 is 5.31. The summed E-state index contributed by atoms with van der Waals surface area (Å²) in [6.45, 7) is 8.73. The number of ether oxygens (including phenoxy) is 1. The molecule has 1 aliphatic heterocycles. The lowest BCUT2D eigenvalue weighted by atomic mass is 10.2. The molecule has 0 spiro atoms. The van der Waals surface area contributed by atoms with E-state index in [2.05, 4.69) is 5.32 Å². The van der Waals surface area contributed by atoms with Crippen LogP contribution in [0, 0.1) is 0 Å². The molecule has 2 amide bonds. The van der Waals surface area contributed by atoms with Crippen LogP contribution in [-0.4, -0.2) is 41.6 Å². The SMILES string of the molecule is CCCNC(=O)[C@@H]1CCCN1C(=O)OC(C)(C)C. The van der Waals surface area contributed by atoms with Crippen molar-refractivity contribution in [3.63, 3.8) is 0 Å². The van der Waals surface area contributed by atoms with Crippen molar-refractivity contribution in [2.45, 2.75) is 58.6 Å². The van der Waals surface area contributed by atoms with Crippen LogP contribution >= 0.6 is 0 Å². The van der Waals surface area contributed by atoms with Crippen molar-refractivity contribution in [1.29, 1.82) is 0 Å². The lowest BCUT2D eigenvalue weighted by Gasteiger charge is -2.28. The predicted molar refractivity (Wildman–Crippen MR) is 69.3 cm³/mol. The zero-order valence-corrected chi connectivity index (χ0v) is 11.8. The fraction of sp³-hybridized carbons (Fsp3) is 0.846. The number of nitrogens with one attached hydrogen (secondary N) is 1. The molecule has 0 saturated carbocycles. The van der Waals surface area contributed by atoms with Crippen molar-refractivity contribution in [3.05, 3.63) is 0 Å². The molecule has 18 heavy (non-hydrogen) atoms. The molecule has 1 atom stereocenters. The topological polar surface area (TPSA) is 58.6 Å². The lowest BCUT2D eigenvalue weighted by molar-refractivity contribution is -0.125. The second kappa shape index (κ2) is 6.07. The first kappa shape index (κ1) is 14.8. The van der Waals surface area contributed by atoms with E-state index in [0.717, 1.165) is 19.3 Å². The van der Waals surface area contributed by atoms with E-state index in [1.807, 2.05) is 27.7 Å². The first-order valence-corrected chi connectivity index (χ1v) is 6.62. The summed E-state index contributed by atoms with van der Waals surface area (Å²) in [5.41, 5.74) is -0.524. The third-order valence-corrected chi connectivity index (χ3v) is 2.73. The van der Waals surface area contributed by atoms with Crippen LogP contribution in [0.25, 0.3) is 0 Å². The van der Waals surface area contributed by atoms with Gasteiger partial charge in [-0.1, -0.05) is 6.92 Å². The van der Waals surface area contributed by atoms with Gasteiger partial charge in [0.2, 0.25) is 5.91 Å². The van der Waals surface area contributed by atoms with Crippen molar-refractivity contribution >= 4 is 12.0 Å². The van der Waals surface area contributed by atoms with Crippen LogP contribution in [-0.2, 0) is 9.53 Å². The predicted octanol–water partition coefficient (Wildman–Crippen LogP) is 1.91. The summed E-state index contributed by atoms with van der Waals surface area (Å²) in [6.07, 6.45) is 2.07. The zero-order chi connectivity index (χ0) is 13.8. The van der Waals surface area contributed by atoms with Gasteiger partial charge >= 0.3 is 6.09 Å². The molecule has 0 aromatic carbocycles. The zero-order valence-electron chi connectivity index (χ0n) is 11.8. The molecule has 0 radical (unpaired) electrons. The first-order valence-electron chi connectivity index (χ1n) is 6.62. The molecule has 0 aromatic heterocycles. The minimum Gasteiger partial charge on any atom is -0.444 e.